The van der Waals surface area contributed by atoms with E-state index in [0.29, 0.717) is 19.2 Å². The second-order valence-corrected chi connectivity index (χ2v) is 8.39. The fourth-order valence-electron chi connectivity index (χ4n) is 5.08. The maximum atomic E-state index is 12.9. The molecule has 1 saturated heterocycles. The highest BCUT2D eigenvalue weighted by Crippen LogP contribution is 2.32. The van der Waals surface area contributed by atoms with Gasteiger partial charge in [0.25, 0.3) is 0 Å². The highest BCUT2D eigenvalue weighted by molar-refractivity contribution is 5.78. The van der Waals surface area contributed by atoms with Crippen LogP contribution >= 0.6 is 0 Å². The van der Waals surface area contributed by atoms with E-state index in [1.807, 2.05) is 18.2 Å². The second-order valence-electron chi connectivity index (χ2n) is 8.39. The van der Waals surface area contributed by atoms with Gasteiger partial charge in [-0.1, -0.05) is 36.4 Å². The van der Waals surface area contributed by atoms with Gasteiger partial charge in [0.15, 0.2) is 0 Å². The van der Waals surface area contributed by atoms with Crippen molar-refractivity contribution in [3.8, 4) is 5.75 Å². The molecule has 1 fully saturated rings. The molecule has 5 nitrogen and oxygen atoms in total. The number of amides is 1. The molecule has 2 aromatic carbocycles. The number of likely N-dealkylation sites (tertiary alicyclic amines) is 1. The number of nitrogens with zero attached hydrogens (tertiary/aromatic N) is 2. The summed E-state index contributed by atoms with van der Waals surface area (Å²) >= 11 is 0. The van der Waals surface area contributed by atoms with Crippen LogP contribution in [0.1, 0.15) is 36.4 Å². The fraction of sp³-hybridized carbons (Fsp3) is 0.458. The third-order valence-corrected chi connectivity index (χ3v) is 6.55. The highest BCUT2D eigenvalue weighted by atomic mass is 16.5. The van der Waals surface area contributed by atoms with Gasteiger partial charge in [-0.3, -0.25) is 9.69 Å². The number of hydrogen-bond acceptors (Lipinski definition) is 4. The van der Waals surface area contributed by atoms with Gasteiger partial charge in [-0.25, -0.2) is 0 Å². The molecule has 3 heterocycles. The van der Waals surface area contributed by atoms with Crippen LogP contribution in [0, 0.1) is 0 Å². The lowest BCUT2D eigenvalue weighted by Gasteiger charge is -2.31. The molecule has 3 aliphatic rings. The number of anilines is 1. The quantitative estimate of drug-likeness (QED) is 0.851. The zero-order valence-corrected chi connectivity index (χ0v) is 16.8. The summed E-state index contributed by atoms with van der Waals surface area (Å²) in [6.45, 7) is 4.26. The molecule has 5 heteroatoms. The summed E-state index contributed by atoms with van der Waals surface area (Å²) in [5.74, 6) is 1.02. The maximum Gasteiger partial charge on any atom is 0.234 e. The Morgan fingerprint density at radius 2 is 1.93 bits per heavy atom. The summed E-state index contributed by atoms with van der Waals surface area (Å²) in [6.07, 6.45) is 4.31. The van der Waals surface area contributed by atoms with Crippen molar-refractivity contribution in [3.63, 3.8) is 0 Å². The average Bonchev–Trinajstić information content (AvgIpc) is 3.36. The number of fused-ring (bicyclic) bond motifs is 2. The van der Waals surface area contributed by atoms with Crippen LogP contribution in [0.5, 0.6) is 5.75 Å². The van der Waals surface area contributed by atoms with E-state index in [1.165, 1.54) is 24.1 Å². The molecule has 152 valence electrons. The second kappa shape index (κ2) is 8.07. The van der Waals surface area contributed by atoms with Crippen LogP contribution in [0.15, 0.2) is 48.5 Å². The fourth-order valence-corrected chi connectivity index (χ4v) is 5.08. The highest BCUT2D eigenvalue weighted by Gasteiger charge is 2.31. The lowest BCUT2D eigenvalue weighted by molar-refractivity contribution is -0.123. The molecule has 29 heavy (non-hydrogen) atoms. The Bertz CT molecular complexity index is 884. The topological polar surface area (TPSA) is 44.8 Å². The van der Waals surface area contributed by atoms with Crippen molar-refractivity contribution in [3.05, 3.63) is 59.7 Å². The number of nitrogens with one attached hydrogen (secondary N) is 1. The monoisotopic (exact) mass is 391 g/mol. The van der Waals surface area contributed by atoms with Crippen LogP contribution in [0.4, 0.5) is 5.69 Å². The molecule has 2 unspecified atom stereocenters. The summed E-state index contributed by atoms with van der Waals surface area (Å²) in [7, 11) is 0. The number of rotatable bonds is 5. The van der Waals surface area contributed by atoms with Gasteiger partial charge in [-0.05, 0) is 43.5 Å². The van der Waals surface area contributed by atoms with Gasteiger partial charge < -0.3 is 15.0 Å². The summed E-state index contributed by atoms with van der Waals surface area (Å²) in [5, 5.41) is 3.26. The van der Waals surface area contributed by atoms with Gasteiger partial charge in [0, 0.05) is 36.8 Å². The van der Waals surface area contributed by atoms with Crippen LogP contribution in [0.3, 0.4) is 0 Å². The van der Waals surface area contributed by atoms with Crippen molar-refractivity contribution >= 4 is 11.6 Å². The van der Waals surface area contributed by atoms with Crippen molar-refractivity contribution in [1.82, 2.24) is 10.2 Å². The zero-order valence-electron chi connectivity index (χ0n) is 16.8. The largest absolute Gasteiger partial charge is 0.493 e. The summed E-state index contributed by atoms with van der Waals surface area (Å²) < 4.78 is 5.72. The molecular formula is C24H29N3O2. The van der Waals surface area contributed by atoms with Gasteiger partial charge in [0.1, 0.15) is 5.75 Å². The van der Waals surface area contributed by atoms with E-state index in [4.69, 9.17) is 4.74 Å². The molecule has 5 rings (SSSR count). The Hall–Kier alpha value is -2.53. The number of hydrogen-bond donors (Lipinski definition) is 1. The first-order chi connectivity index (χ1) is 14.3. The molecule has 0 aromatic heterocycles. The minimum Gasteiger partial charge on any atom is -0.493 e. The van der Waals surface area contributed by atoms with Gasteiger partial charge in [-0.15, -0.1) is 0 Å². The number of carbonyl (C=O) groups excluding carboxylic acids is 1. The van der Waals surface area contributed by atoms with Crippen molar-refractivity contribution in [2.45, 2.75) is 37.8 Å². The van der Waals surface area contributed by atoms with Gasteiger partial charge >= 0.3 is 0 Å². The van der Waals surface area contributed by atoms with Gasteiger partial charge in [-0.2, -0.15) is 0 Å². The third-order valence-electron chi connectivity index (χ3n) is 6.55. The Morgan fingerprint density at radius 1 is 1.07 bits per heavy atom. The molecule has 2 atom stereocenters. The first-order valence-electron chi connectivity index (χ1n) is 10.9. The Balaban J connectivity index is 1.20. The summed E-state index contributed by atoms with van der Waals surface area (Å²) in [4.78, 5) is 17.7. The van der Waals surface area contributed by atoms with E-state index in [-0.39, 0.29) is 11.9 Å². The molecule has 0 saturated carbocycles. The van der Waals surface area contributed by atoms with Gasteiger partial charge in [0.05, 0.1) is 19.2 Å². The lowest BCUT2D eigenvalue weighted by atomic mass is 10.0. The first-order valence-corrected chi connectivity index (χ1v) is 10.9. The first kappa shape index (κ1) is 18.5. The van der Waals surface area contributed by atoms with Crippen molar-refractivity contribution in [1.29, 1.82) is 0 Å². The van der Waals surface area contributed by atoms with Crippen molar-refractivity contribution in [2.75, 3.05) is 37.7 Å². The molecule has 0 bridgehead atoms. The molecule has 0 aliphatic carbocycles. The van der Waals surface area contributed by atoms with Crippen LogP contribution in [0.2, 0.25) is 0 Å². The van der Waals surface area contributed by atoms with E-state index in [9.17, 15) is 4.79 Å². The average molecular weight is 392 g/mol. The van der Waals surface area contributed by atoms with Crippen molar-refractivity contribution < 1.29 is 9.53 Å². The number of ether oxygens (including phenoxy) is 1. The van der Waals surface area contributed by atoms with Crippen molar-refractivity contribution in [2.24, 2.45) is 0 Å². The third kappa shape index (κ3) is 3.84. The SMILES string of the molecule is O=C(CN1CCCC1CN1CCc2ccccc21)NC1CCOc2ccccc21. The number of carbonyl (C=O) groups is 1. The van der Waals surface area contributed by atoms with Crippen LogP contribution in [-0.4, -0.2) is 49.6 Å². The standard InChI is InChI=1S/C24H29N3O2/c28-24(25-21-12-15-29-23-10-4-2-8-20(21)23)17-26-13-5-7-19(26)16-27-14-11-18-6-1-3-9-22(18)27/h1-4,6,8-10,19,21H,5,7,11-17H2,(H,25,28). The number of benzene rings is 2. The maximum absolute atomic E-state index is 12.9. The smallest absolute Gasteiger partial charge is 0.234 e. The Morgan fingerprint density at radius 3 is 2.90 bits per heavy atom. The Labute approximate surface area is 172 Å². The van der Waals surface area contributed by atoms with E-state index in [0.717, 1.165) is 43.8 Å². The number of para-hydroxylation sites is 2. The van der Waals surface area contributed by atoms with Crippen LogP contribution in [-0.2, 0) is 11.2 Å². The summed E-state index contributed by atoms with van der Waals surface area (Å²) in [6, 6.07) is 17.3. The Kier molecular flexibility index (Phi) is 5.15. The molecule has 0 spiro atoms. The molecule has 2 aromatic rings. The molecule has 0 radical (unpaired) electrons. The summed E-state index contributed by atoms with van der Waals surface area (Å²) in [5.41, 5.74) is 3.93. The molecular weight excluding hydrogens is 362 g/mol. The lowest BCUT2D eigenvalue weighted by Crippen LogP contribution is -2.45. The molecule has 1 N–H and O–H groups in total. The predicted octanol–water partition coefficient (Wildman–Crippen LogP) is 3.15. The van der Waals surface area contributed by atoms with Crippen LogP contribution < -0.4 is 15.0 Å². The minimum atomic E-state index is 0.0546. The van der Waals surface area contributed by atoms with Gasteiger partial charge in [0.2, 0.25) is 5.91 Å². The van der Waals surface area contributed by atoms with E-state index < -0.39 is 0 Å². The van der Waals surface area contributed by atoms with E-state index in [2.05, 4.69) is 45.4 Å². The molecule has 1 amide bonds. The van der Waals surface area contributed by atoms with E-state index >= 15 is 0 Å². The normalized spacial score (nSPS) is 23.4. The van der Waals surface area contributed by atoms with Crippen LogP contribution in [0.25, 0.3) is 0 Å². The predicted molar refractivity (Wildman–Crippen MR) is 114 cm³/mol. The minimum absolute atomic E-state index is 0.0546. The molecule has 3 aliphatic heterocycles. The van der Waals surface area contributed by atoms with E-state index in [1.54, 1.807) is 0 Å². The zero-order chi connectivity index (χ0) is 19.6.